The highest BCUT2D eigenvalue weighted by Gasteiger charge is 2.33. The Morgan fingerprint density at radius 1 is 1.39 bits per heavy atom. The van der Waals surface area contributed by atoms with E-state index in [0.717, 1.165) is 18.4 Å². The predicted octanol–water partition coefficient (Wildman–Crippen LogP) is 3.02. The molecule has 0 aromatic heterocycles. The lowest BCUT2D eigenvalue weighted by Crippen LogP contribution is -2.50. The minimum Gasteiger partial charge on any atom is -0.478 e. The molecule has 0 spiro atoms. The molecule has 1 aromatic carbocycles. The third kappa shape index (κ3) is 2.72. The van der Waals surface area contributed by atoms with Gasteiger partial charge in [0.25, 0.3) is 0 Å². The van der Waals surface area contributed by atoms with Crippen LogP contribution in [-0.2, 0) is 0 Å². The number of carboxylic acid groups (broad SMARTS) is 1. The summed E-state index contributed by atoms with van der Waals surface area (Å²) >= 11 is 0. The van der Waals surface area contributed by atoms with Gasteiger partial charge in [0, 0.05) is 11.6 Å². The maximum absolute atomic E-state index is 11.3. The molecular weight excluding hydrogens is 226 g/mol. The molecule has 3 heteroatoms. The fraction of sp³-hybridized carbons (Fsp3) is 0.533. The van der Waals surface area contributed by atoms with Crippen molar-refractivity contribution in [3.63, 3.8) is 0 Å². The van der Waals surface area contributed by atoms with Crippen LogP contribution in [0.3, 0.4) is 0 Å². The van der Waals surface area contributed by atoms with E-state index in [9.17, 15) is 9.90 Å². The zero-order chi connectivity index (χ0) is 13.3. The van der Waals surface area contributed by atoms with Gasteiger partial charge < -0.3 is 10.4 Å². The van der Waals surface area contributed by atoms with Gasteiger partial charge in [-0.1, -0.05) is 18.2 Å². The van der Waals surface area contributed by atoms with Gasteiger partial charge in [-0.3, -0.25) is 0 Å². The van der Waals surface area contributed by atoms with Crippen molar-refractivity contribution < 1.29 is 9.90 Å². The van der Waals surface area contributed by atoms with E-state index in [1.165, 1.54) is 0 Å². The average molecular weight is 247 g/mol. The van der Waals surface area contributed by atoms with Crippen molar-refractivity contribution in [2.75, 3.05) is 0 Å². The highest BCUT2D eigenvalue weighted by molar-refractivity contribution is 5.89. The van der Waals surface area contributed by atoms with Crippen LogP contribution < -0.4 is 5.32 Å². The third-order valence-electron chi connectivity index (χ3n) is 3.66. The van der Waals surface area contributed by atoms with Gasteiger partial charge in [0.15, 0.2) is 0 Å². The van der Waals surface area contributed by atoms with Gasteiger partial charge in [-0.2, -0.15) is 0 Å². The van der Waals surface area contributed by atoms with Crippen molar-refractivity contribution >= 4 is 5.97 Å². The Labute approximate surface area is 108 Å². The van der Waals surface area contributed by atoms with Crippen molar-refractivity contribution in [2.45, 2.75) is 51.1 Å². The smallest absolute Gasteiger partial charge is 0.335 e. The van der Waals surface area contributed by atoms with Crippen molar-refractivity contribution in [1.29, 1.82) is 0 Å². The van der Waals surface area contributed by atoms with Gasteiger partial charge >= 0.3 is 5.97 Å². The summed E-state index contributed by atoms with van der Waals surface area (Å²) < 4.78 is 0. The van der Waals surface area contributed by atoms with Crippen LogP contribution in [0.1, 0.15) is 55.5 Å². The number of hydrogen-bond acceptors (Lipinski definition) is 2. The van der Waals surface area contributed by atoms with Crippen molar-refractivity contribution in [3.05, 3.63) is 35.4 Å². The molecule has 3 nitrogen and oxygen atoms in total. The molecule has 1 aliphatic rings. The van der Waals surface area contributed by atoms with Crippen LogP contribution in [0, 0.1) is 0 Å². The van der Waals surface area contributed by atoms with Crippen molar-refractivity contribution in [2.24, 2.45) is 0 Å². The Hall–Kier alpha value is -1.35. The Kier molecular flexibility index (Phi) is 3.44. The molecule has 1 heterocycles. The topological polar surface area (TPSA) is 49.3 Å². The number of nitrogens with one attached hydrogen (secondary N) is 1. The van der Waals surface area contributed by atoms with Gasteiger partial charge in [0.2, 0.25) is 0 Å². The molecule has 0 amide bonds. The second kappa shape index (κ2) is 4.73. The Bertz CT molecular complexity index is 454. The molecule has 2 rings (SSSR count). The molecule has 1 saturated heterocycles. The molecule has 1 aromatic rings. The number of piperidine rings is 1. The minimum absolute atomic E-state index is 0.0634. The van der Waals surface area contributed by atoms with E-state index in [-0.39, 0.29) is 5.54 Å². The van der Waals surface area contributed by atoms with Crippen LogP contribution in [0.25, 0.3) is 0 Å². The average Bonchev–Trinajstić information content (AvgIpc) is 2.26. The van der Waals surface area contributed by atoms with Crippen LogP contribution >= 0.6 is 0 Å². The fourth-order valence-corrected chi connectivity index (χ4v) is 3.20. The Balaban J connectivity index is 2.34. The van der Waals surface area contributed by atoms with E-state index in [4.69, 9.17) is 0 Å². The van der Waals surface area contributed by atoms with E-state index in [1.54, 1.807) is 12.1 Å². The molecule has 1 aliphatic heterocycles. The van der Waals surface area contributed by atoms with E-state index < -0.39 is 5.97 Å². The van der Waals surface area contributed by atoms with Crippen LogP contribution in [0.2, 0.25) is 0 Å². The second-order valence-corrected chi connectivity index (χ2v) is 5.96. The number of aromatic carboxylic acids is 1. The maximum atomic E-state index is 11.3. The first kappa shape index (κ1) is 13.1. The zero-order valence-corrected chi connectivity index (χ0v) is 11.2. The summed E-state index contributed by atoms with van der Waals surface area (Å²) in [5, 5.41) is 12.8. The Morgan fingerprint density at radius 2 is 2.06 bits per heavy atom. The molecule has 2 N–H and O–H groups in total. The summed E-state index contributed by atoms with van der Waals surface area (Å²) in [5.74, 6) is -0.502. The molecule has 2 atom stereocenters. The first-order valence-corrected chi connectivity index (χ1v) is 6.49. The van der Waals surface area contributed by atoms with E-state index in [2.05, 4.69) is 26.1 Å². The predicted molar refractivity (Wildman–Crippen MR) is 72.1 cm³/mol. The summed E-state index contributed by atoms with van der Waals surface area (Å²) in [6.45, 7) is 6.52. The Morgan fingerprint density at radius 3 is 2.67 bits per heavy atom. The quantitative estimate of drug-likeness (QED) is 0.844. The van der Waals surface area contributed by atoms with Gasteiger partial charge in [0.05, 0.1) is 5.56 Å². The number of carboxylic acids is 1. The maximum Gasteiger partial charge on any atom is 0.335 e. The normalized spacial score (nSPS) is 26.8. The molecule has 1 fully saturated rings. The lowest BCUT2D eigenvalue weighted by Gasteiger charge is -2.41. The third-order valence-corrected chi connectivity index (χ3v) is 3.66. The first-order valence-electron chi connectivity index (χ1n) is 6.49. The van der Waals surface area contributed by atoms with Gasteiger partial charge in [0.1, 0.15) is 0 Å². The standard InChI is InChI=1S/C15H21NO2/c1-10-8-11(9-15(2,3)16-10)12-6-4-5-7-13(12)14(17)18/h4-7,10-11,16H,8-9H2,1-3H3,(H,17,18). The second-order valence-electron chi connectivity index (χ2n) is 5.96. The summed E-state index contributed by atoms with van der Waals surface area (Å²) in [6.07, 6.45) is 1.97. The summed E-state index contributed by atoms with van der Waals surface area (Å²) in [7, 11) is 0. The number of hydrogen-bond donors (Lipinski definition) is 2. The molecule has 0 radical (unpaired) electrons. The largest absolute Gasteiger partial charge is 0.478 e. The lowest BCUT2D eigenvalue weighted by molar-refractivity contribution is 0.0693. The van der Waals surface area contributed by atoms with E-state index in [0.29, 0.717) is 17.5 Å². The highest BCUT2D eigenvalue weighted by Crippen LogP contribution is 2.36. The van der Waals surface area contributed by atoms with Crippen LogP contribution in [0.15, 0.2) is 24.3 Å². The lowest BCUT2D eigenvalue weighted by atomic mass is 9.77. The minimum atomic E-state index is -0.824. The van der Waals surface area contributed by atoms with Gasteiger partial charge in [-0.05, 0) is 51.2 Å². The molecule has 0 aliphatic carbocycles. The highest BCUT2D eigenvalue weighted by atomic mass is 16.4. The number of benzene rings is 1. The van der Waals surface area contributed by atoms with Crippen LogP contribution in [0.4, 0.5) is 0 Å². The zero-order valence-electron chi connectivity index (χ0n) is 11.2. The molecule has 0 bridgehead atoms. The van der Waals surface area contributed by atoms with Crippen molar-refractivity contribution in [3.8, 4) is 0 Å². The van der Waals surface area contributed by atoms with E-state index in [1.807, 2.05) is 12.1 Å². The number of carbonyl (C=O) groups is 1. The van der Waals surface area contributed by atoms with Crippen LogP contribution in [-0.4, -0.2) is 22.7 Å². The molecule has 98 valence electrons. The van der Waals surface area contributed by atoms with E-state index >= 15 is 0 Å². The molecular formula is C15H21NO2. The van der Waals surface area contributed by atoms with Gasteiger partial charge in [-0.15, -0.1) is 0 Å². The first-order chi connectivity index (χ1) is 8.39. The molecule has 0 saturated carbocycles. The van der Waals surface area contributed by atoms with Crippen LogP contribution in [0.5, 0.6) is 0 Å². The summed E-state index contributed by atoms with van der Waals surface area (Å²) in [6, 6.07) is 7.81. The van der Waals surface area contributed by atoms with Crippen molar-refractivity contribution in [1.82, 2.24) is 5.32 Å². The monoisotopic (exact) mass is 247 g/mol. The molecule has 2 unspecified atom stereocenters. The SMILES string of the molecule is CC1CC(c2ccccc2C(=O)O)CC(C)(C)N1. The molecule has 18 heavy (non-hydrogen) atoms. The summed E-state index contributed by atoms with van der Waals surface area (Å²) in [4.78, 5) is 11.3. The van der Waals surface area contributed by atoms with Gasteiger partial charge in [-0.25, -0.2) is 4.79 Å². The summed E-state index contributed by atoms with van der Waals surface area (Å²) in [5.41, 5.74) is 1.49. The fourth-order valence-electron chi connectivity index (χ4n) is 3.20. The number of rotatable bonds is 2.